The number of rotatable bonds is 3. The summed E-state index contributed by atoms with van der Waals surface area (Å²) in [7, 11) is 0. The molecule has 0 saturated carbocycles. The van der Waals surface area contributed by atoms with Crippen molar-refractivity contribution in [3.63, 3.8) is 0 Å². The Morgan fingerprint density at radius 1 is 1.00 bits per heavy atom. The molecule has 0 spiro atoms. The molecular weight excluding hydrogens is 369 g/mol. The highest BCUT2D eigenvalue weighted by molar-refractivity contribution is 5.94. The van der Waals surface area contributed by atoms with Crippen molar-refractivity contribution in [2.24, 2.45) is 0 Å². The molecule has 3 amide bonds. The number of urea groups is 1. The lowest BCUT2D eigenvalue weighted by molar-refractivity contribution is 0.0891. The fraction of sp³-hybridized carbons (Fsp3) is 0.391. The number of halogens is 1. The maximum atomic E-state index is 13.1. The van der Waals surface area contributed by atoms with Crippen LogP contribution in [0.2, 0.25) is 0 Å². The summed E-state index contributed by atoms with van der Waals surface area (Å²) in [4.78, 5) is 27.4. The van der Waals surface area contributed by atoms with Crippen LogP contribution in [0.25, 0.3) is 0 Å². The Kier molecular flexibility index (Phi) is 5.26. The third-order valence-corrected chi connectivity index (χ3v) is 6.03. The van der Waals surface area contributed by atoms with Gasteiger partial charge in [0.1, 0.15) is 5.82 Å². The summed E-state index contributed by atoms with van der Waals surface area (Å²) in [6, 6.07) is 11.8. The van der Waals surface area contributed by atoms with Crippen LogP contribution in [0.4, 0.5) is 14.9 Å². The molecule has 5 nitrogen and oxygen atoms in total. The van der Waals surface area contributed by atoms with E-state index in [0.717, 1.165) is 36.9 Å². The van der Waals surface area contributed by atoms with Gasteiger partial charge in [-0.15, -0.1) is 0 Å². The minimum absolute atomic E-state index is 0.0233. The van der Waals surface area contributed by atoms with Gasteiger partial charge in [-0.1, -0.05) is 17.7 Å². The molecule has 2 N–H and O–H groups in total. The van der Waals surface area contributed by atoms with Crippen LogP contribution in [0.15, 0.2) is 42.5 Å². The lowest BCUT2D eigenvalue weighted by Crippen LogP contribution is -2.53. The quantitative estimate of drug-likeness (QED) is 0.809. The molecule has 4 rings (SSSR count). The van der Waals surface area contributed by atoms with Crippen molar-refractivity contribution in [3.8, 4) is 0 Å². The van der Waals surface area contributed by atoms with Gasteiger partial charge in [0.2, 0.25) is 0 Å². The number of carbonyl (C=O) groups is 2. The maximum absolute atomic E-state index is 13.1. The third kappa shape index (κ3) is 4.11. The molecule has 1 unspecified atom stereocenters. The minimum atomic E-state index is -0.359. The first-order valence-electron chi connectivity index (χ1n) is 10.1. The number of amides is 3. The monoisotopic (exact) mass is 395 g/mol. The van der Waals surface area contributed by atoms with Crippen molar-refractivity contribution in [1.29, 1.82) is 0 Å². The Balaban J connectivity index is 1.39. The normalized spacial score (nSPS) is 23.0. The lowest BCUT2D eigenvalue weighted by atomic mass is 9.97. The predicted molar refractivity (Wildman–Crippen MR) is 110 cm³/mol. The zero-order chi connectivity index (χ0) is 20.5. The highest BCUT2D eigenvalue weighted by atomic mass is 19.1. The fourth-order valence-electron chi connectivity index (χ4n) is 4.63. The van der Waals surface area contributed by atoms with Crippen LogP contribution in [-0.2, 0) is 0 Å². The molecule has 0 aliphatic carbocycles. The van der Waals surface area contributed by atoms with Gasteiger partial charge >= 0.3 is 6.03 Å². The molecule has 29 heavy (non-hydrogen) atoms. The van der Waals surface area contributed by atoms with Crippen LogP contribution >= 0.6 is 0 Å². The zero-order valence-electron chi connectivity index (χ0n) is 16.7. The molecule has 152 valence electrons. The third-order valence-electron chi connectivity index (χ3n) is 6.03. The average molecular weight is 395 g/mol. The number of carbonyl (C=O) groups excluding carboxylic acids is 2. The van der Waals surface area contributed by atoms with Crippen LogP contribution in [0.1, 0.15) is 47.2 Å². The molecule has 2 aliphatic rings. The first kappa shape index (κ1) is 19.4. The van der Waals surface area contributed by atoms with Crippen LogP contribution in [0, 0.1) is 19.7 Å². The number of anilines is 1. The molecule has 2 heterocycles. The predicted octanol–water partition coefficient (Wildman–Crippen LogP) is 4.40. The molecule has 2 bridgehead atoms. The Morgan fingerprint density at radius 2 is 1.66 bits per heavy atom. The van der Waals surface area contributed by atoms with Gasteiger partial charge in [-0.25, -0.2) is 9.18 Å². The summed E-state index contributed by atoms with van der Waals surface area (Å²) in [5.74, 6) is -0.551. The highest BCUT2D eigenvalue weighted by Crippen LogP contribution is 2.36. The topological polar surface area (TPSA) is 61.4 Å². The molecule has 2 aromatic carbocycles. The van der Waals surface area contributed by atoms with E-state index in [2.05, 4.69) is 16.7 Å². The van der Waals surface area contributed by atoms with Crippen molar-refractivity contribution in [2.75, 3.05) is 5.32 Å². The van der Waals surface area contributed by atoms with Gasteiger partial charge in [-0.2, -0.15) is 0 Å². The Morgan fingerprint density at radius 3 is 2.28 bits per heavy atom. The molecule has 0 radical (unpaired) electrons. The number of nitrogens with zero attached hydrogens (tertiary/aromatic N) is 1. The summed E-state index contributed by atoms with van der Waals surface area (Å²) < 4.78 is 13.1. The molecule has 3 atom stereocenters. The van der Waals surface area contributed by atoms with Crippen LogP contribution in [0.3, 0.4) is 0 Å². The van der Waals surface area contributed by atoms with E-state index in [9.17, 15) is 14.0 Å². The van der Waals surface area contributed by atoms with Gasteiger partial charge in [0.05, 0.1) is 0 Å². The van der Waals surface area contributed by atoms with Gasteiger partial charge in [0.25, 0.3) is 5.91 Å². The average Bonchev–Trinajstić information content (AvgIpc) is 2.95. The zero-order valence-corrected chi connectivity index (χ0v) is 16.7. The van der Waals surface area contributed by atoms with E-state index < -0.39 is 0 Å². The second kappa shape index (κ2) is 7.85. The smallest absolute Gasteiger partial charge is 0.322 e. The van der Waals surface area contributed by atoms with Crippen LogP contribution < -0.4 is 10.6 Å². The second-order valence-corrected chi connectivity index (χ2v) is 8.19. The second-order valence-electron chi connectivity index (χ2n) is 8.19. The number of aryl methyl sites for hydroxylation is 2. The van der Waals surface area contributed by atoms with Crippen molar-refractivity contribution >= 4 is 17.6 Å². The van der Waals surface area contributed by atoms with E-state index >= 15 is 0 Å². The first-order valence-corrected chi connectivity index (χ1v) is 10.1. The van der Waals surface area contributed by atoms with E-state index in [-0.39, 0.29) is 35.9 Å². The summed E-state index contributed by atoms with van der Waals surface area (Å²) in [6.07, 6.45) is 3.38. The molecule has 0 aromatic heterocycles. The van der Waals surface area contributed by atoms with Crippen molar-refractivity contribution in [3.05, 3.63) is 65.0 Å². The van der Waals surface area contributed by atoms with Crippen LogP contribution in [-0.4, -0.2) is 35.0 Å². The molecule has 6 heteroatoms. The Bertz CT molecular complexity index is 914. The number of hydrogen-bond acceptors (Lipinski definition) is 2. The molecular formula is C23H26FN3O2. The first-order chi connectivity index (χ1) is 13.9. The van der Waals surface area contributed by atoms with E-state index in [4.69, 9.17) is 0 Å². The van der Waals surface area contributed by atoms with Gasteiger partial charge in [0, 0.05) is 29.4 Å². The number of fused-ring (bicyclic) bond motifs is 2. The van der Waals surface area contributed by atoms with Crippen molar-refractivity contribution < 1.29 is 14.0 Å². The van der Waals surface area contributed by atoms with E-state index in [1.807, 2.05) is 30.9 Å². The lowest BCUT2D eigenvalue weighted by Gasteiger charge is -2.39. The summed E-state index contributed by atoms with van der Waals surface area (Å²) in [6.45, 7) is 4.03. The van der Waals surface area contributed by atoms with Crippen molar-refractivity contribution in [2.45, 2.75) is 57.7 Å². The van der Waals surface area contributed by atoms with Gasteiger partial charge < -0.3 is 15.5 Å². The maximum Gasteiger partial charge on any atom is 0.322 e. The molecule has 2 fully saturated rings. The largest absolute Gasteiger partial charge is 0.349 e. The van der Waals surface area contributed by atoms with E-state index in [1.165, 1.54) is 29.8 Å². The van der Waals surface area contributed by atoms with Crippen molar-refractivity contribution in [1.82, 2.24) is 10.2 Å². The molecule has 2 aliphatic heterocycles. The Hall–Kier alpha value is -2.89. The molecule has 2 saturated heterocycles. The molecule has 2 aromatic rings. The van der Waals surface area contributed by atoms with Crippen LogP contribution in [0.5, 0.6) is 0 Å². The number of hydrogen-bond donors (Lipinski definition) is 2. The standard InChI is InChI=1S/C23H26FN3O2/c1-14-3-10-21(15(2)11-14)26-23(29)27-19-8-9-20(27)13-18(12-19)25-22(28)16-4-6-17(24)7-5-16/h3-7,10-11,18-20H,8-9,12-13H2,1-2H3,(H,25,28)(H,26,29)/t18?,19-,20+. The van der Waals surface area contributed by atoms with Gasteiger partial charge in [0.15, 0.2) is 0 Å². The fourth-order valence-corrected chi connectivity index (χ4v) is 4.63. The van der Waals surface area contributed by atoms with E-state index in [0.29, 0.717) is 5.56 Å². The minimum Gasteiger partial charge on any atom is -0.349 e. The Labute approximate surface area is 170 Å². The highest BCUT2D eigenvalue weighted by Gasteiger charge is 2.43. The number of piperidine rings is 1. The summed E-state index contributed by atoms with van der Waals surface area (Å²) in [5.41, 5.74) is 3.51. The summed E-state index contributed by atoms with van der Waals surface area (Å²) in [5, 5.41) is 6.12. The number of benzene rings is 2. The summed E-state index contributed by atoms with van der Waals surface area (Å²) >= 11 is 0. The van der Waals surface area contributed by atoms with E-state index in [1.54, 1.807) is 0 Å². The SMILES string of the molecule is Cc1ccc(NC(=O)N2[C@@H]3CC[C@H]2CC(NC(=O)c2ccc(F)cc2)C3)c(C)c1. The number of nitrogens with one attached hydrogen (secondary N) is 2. The van der Waals surface area contributed by atoms with Gasteiger partial charge in [-0.3, -0.25) is 4.79 Å². The van der Waals surface area contributed by atoms with Gasteiger partial charge in [-0.05, 0) is 75.4 Å².